The first kappa shape index (κ1) is 17.1. The Morgan fingerprint density at radius 2 is 2.08 bits per heavy atom. The van der Waals surface area contributed by atoms with E-state index in [2.05, 4.69) is 24.4 Å². The van der Waals surface area contributed by atoms with Crippen LogP contribution in [0.15, 0.2) is 36.4 Å². The van der Waals surface area contributed by atoms with Crippen molar-refractivity contribution in [2.45, 2.75) is 26.8 Å². The second kappa shape index (κ2) is 7.47. The van der Waals surface area contributed by atoms with Crippen molar-refractivity contribution in [3.8, 4) is 10.6 Å². The second-order valence-corrected chi connectivity index (χ2v) is 8.39. The number of carbonyl (C=O) groups is 1. The first-order valence-corrected chi connectivity index (χ1v) is 9.56. The van der Waals surface area contributed by atoms with Gasteiger partial charge in [0.05, 0.1) is 22.1 Å². The van der Waals surface area contributed by atoms with Gasteiger partial charge in [-0.25, -0.2) is 4.98 Å². The Labute approximate surface area is 154 Å². The summed E-state index contributed by atoms with van der Waals surface area (Å²) in [6.07, 6.45) is 0.788. The molecular formula is C18H17ClN2OS2. The van der Waals surface area contributed by atoms with E-state index in [9.17, 15) is 4.79 Å². The molecule has 0 saturated heterocycles. The summed E-state index contributed by atoms with van der Waals surface area (Å²) in [4.78, 5) is 19.3. The fourth-order valence-corrected chi connectivity index (χ4v) is 4.64. The summed E-state index contributed by atoms with van der Waals surface area (Å²) in [5.41, 5.74) is 2.21. The number of nitrogens with zero attached hydrogens (tertiary/aromatic N) is 1. The lowest BCUT2D eigenvalue weighted by molar-refractivity contribution is -0.119. The van der Waals surface area contributed by atoms with Gasteiger partial charge in [-0.2, -0.15) is 0 Å². The quantitative estimate of drug-likeness (QED) is 0.676. The molecule has 0 aliphatic heterocycles. The smallest absolute Gasteiger partial charge is 0.217 e. The van der Waals surface area contributed by atoms with E-state index in [-0.39, 0.29) is 5.91 Å². The highest BCUT2D eigenvalue weighted by Gasteiger charge is 2.13. The van der Waals surface area contributed by atoms with Gasteiger partial charge < -0.3 is 5.32 Å². The van der Waals surface area contributed by atoms with Crippen LogP contribution in [0.2, 0.25) is 5.02 Å². The van der Waals surface area contributed by atoms with Crippen molar-refractivity contribution in [1.82, 2.24) is 10.3 Å². The summed E-state index contributed by atoms with van der Waals surface area (Å²) < 4.78 is 0. The highest BCUT2D eigenvalue weighted by molar-refractivity contribution is 7.16. The average molecular weight is 377 g/mol. The molecule has 3 aromatic rings. The molecular weight excluding hydrogens is 360 g/mol. The molecule has 3 nitrogen and oxygen atoms in total. The number of nitrogens with one attached hydrogen (secondary N) is 1. The Kier molecular flexibility index (Phi) is 5.33. The molecule has 1 amide bonds. The Morgan fingerprint density at radius 1 is 1.25 bits per heavy atom. The van der Waals surface area contributed by atoms with Gasteiger partial charge in [0.1, 0.15) is 0 Å². The standard InChI is InChI=1S/C18H17ClN2OS2/c1-11-18(16-7-6-15(24-16)10-20-12(2)22)21-17(23-11)9-13-4-3-5-14(19)8-13/h3-8H,9-10H2,1-2H3,(H,20,22). The van der Waals surface area contributed by atoms with Crippen LogP contribution in [-0.4, -0.2) is 10.9 Å². The van der Waals surface area contributed by atoms with Crippen molar-refractivity contribution in [2.24, 2.45) is 0 Å². The van der Waals surface area contributed by atoms with Crippen LogP contribution in [0.5, 0.6) is 0 Å². The molecule has 0 spiro atoms. The van der Waals surface area contributed by atoms with Crippen LogP contribution in [-0.2, 0) is 17.8 Å². The number of benzene rings is 1. The summed E-state index contributed by atoms with van der Waals surface area (Å²) in [7, 11) is 0. The molecule has 6 heteroatoms. The van der Waals surface area contributed by atoms with Crippen molar-refractivity contribution < 1.29 is 4.79 Å². The van der Waals surface area contributed by atoms with E-state index in [4.69, 9.17) is 16.6 Å². The number of carbonyl (C=O) groups excluding carboxylic acids is 1. The van der Waals surface area contributed by atoms with Crippen molar-refractivity contribution in [3.63, 3.8) is 0 Å². The molecule has 3 rings (SSSR count). The maximum absolute atomic E-state index is 11.0. The molecule has 124 valence electrons. The number of rotatable bonds is 5. The maximum atomic E-state index is 11.0. The third kappa shape index (κ3) is 4.23. The molecule has 0 atom stereocenters. The van der Waals surface area contributed by atoms with Crippen LogP contribution in [0.3, 0.4) is 0 Å². The topological polar surface area (TPSA) is 42.0 Å². The van der Waals surface area contributed by atoms with Crippen LogP contribution in [0.4, 0.5) is 0 Å². The first-order valence-electron chi connectivity index (χ1n) is 7.55. The number of thiophene rings is 1. The molecule has 0 bridgehead atoms. The number of aromatic nitrogens is 1. The third-order valence-corrected chi connectivity index (χ3v) is 5.79. The summed E-state index contributed by atoms with van der Waals surface area (Å²) >= 11 is 9.45. The second-order valence-electron chi connectivity index (χ2n) is 5.49. The van der Waals surface area contributed by atoms with Gasteiger partial charge >= 0.3 is 0 Å². The van der Waals surface area contributed by atoms with Crippen molar-refractivity contribution >= 4 is 40.2 Å². The van der Waals surface area contributed by atoms with Crippen LogP contribution >= 0.6 is 34.3 Å². The molecule has 0 aliphatic carbocycles. The molecule has 24 heavy (non-hydrogen) atoms. The van der Waals surface area contributed by atoms with E-state index in [1.807, 2.05) is 24.3 Å². The molecule has 0 radical (unpaired) electrons. The van der Waals surface area contributed by atoms with Crippen LogP contribution in [0.25, 0.3) is 10.6 Å². The molecule has 0 fully saturated rings. The number of thiazole rings is 1. The van der Waals surface area contributed by atoms with E-state index >= 15 is 0 Å². The van der Waals surface area contributed by atoms with Crippen LogP contribution < -0.4 is 5.32 Å². The van der Waals surface area contributed by atoms with Gasteiger partial charge in [0.15, 0.2) is 0 Å². The van der Waals surface area contributed by atoms with Gasteiger partial charge in [0.25, 0.3) is 0 Å². The SMILES string of the molecule is CC(=O)NCc1ccc(-c2nc(Cc3cccc(Cl)c3)sc2C)s1. The normalized spacial score (nSPS) is 10.8. The molecule has 2 aromatic heterocycles. The van der Waals surface area contributed by atoms with E-state index in [0.717, 1.165) is 31.9 Å². The van der Waals surface area contributed by atoms with Gasteiger partial charge in [-0.05, 0) is 36.8 Å². The fourth-order valence-electron chi connectivity index (χ4n) is 2.39. The predicted molar refractivity (Wildman–Crippen MR) is 102 cm³/mol. The van der Waals surface area contributed by atoms with E-state index < -0.39 is 0 Å². The molecule has 0 saturated carbocycles. The van der Waals surface area contributed by atoms with Gasteiger partial charge in [0, 0.05) is 28.1 Å². The van der Waals surface area contributed by atoms with Crippen LogP contribution in [0, 0.1) is 6.92 Å². The van der Waals surface area contributed by atoms with Gasteiger partial charge in [-0.3, -0.25) is 4.79 Å². The molecule has 2 heterocycles. The van der Waals surface area contributed by atoms with Crippen molar-refractivity contribution in [2.75, 3.05) is 0 Å². The average Bonchev–Trinajstić information content (AvgIpc) is 3.11. The minimum atomic E-state index is -0.0152. The largest absolute Gasteiger partial charge is 0.351 e. The number of amides is 1. The Hall–Kier alpha value is -1.69. The van der Waals surface area contributed by atoms with E-state index in [1.54, 1.807) is 22.7 Å². The lowest BCUT2D eigenvalue weighted by atomic mass is 10.2. The molecule has 0 aliphatic rings. The Balaban J connectivity index is 1.77. The highest BCUT2D eigenvalue weighted by atomic mass is 35.5. The van der Waals surface area contributed by atoms with Crippen LogP contribution in [0.1, 0.15) is 27.2 Å². The lowest BCUT2D eigenvalue weighted by Gasteiger charge is -1.98. The molecule has 1 aromatic carbocycles. The summed E-state index contributed by atoms with van der Waals surface area (Å²) in [6, 6.07) is 12.0. The Bertz CT molecular complexity index is 870. The number of hydrogen-bond acceptors (Lipinski definition) is 4. The zero-order chi connectivity index (χ0) is 17.1. The monoisotopic (exact) mass is 376 g/mol. The van der Waals surface area contributed by atoms with Gasteiger partial charge in [0.2, 0.25) is 5.91 Å². The number of aryl methyl sites for hydroxylation is 1. The summed E-state index contributed by atoms with van der Waals surface area (Å²) in [5, 5.41) is 4.66. The van der Waals surface area contributed by atoms with Crippen molar-refractivity contribution in [3.05, 3.63) is 61.7 Å². The minimum absolute atomic E-state index is 0.0152. The maximum Gasteiger partial charge on any atom is 0.217 e. The molecule has 0 unspecified atom stereocenters. The highest BCUT2D eigenvalue weighted by Crippen LogP contribution is 2.33. The number of halogens is 1. The lowest BCUT2D eigenvalue weighted by Crippen LogP contribution is -2.17. The zero-order valence-corrected chi connectivity index (χ0v) is 15.8. The Morgan fingerprint density at radius 3 is 2.83 bits per heavy atom. The van der Waals surface area contributed by atoms with Crippen molar-refractivity contribution in [1.29, 1.82) is 0 Å². The predicted octanol–water partition coefficient (Wildman–Crippen LogP) is 5.06. The summed E-state index contributed by atoms with van der Waals surface area (Å²) in [5.74, 6) is -0.0152. The van der Waals surface area contributed by atoms with Gasteiger partial charge in [-0.15, -0.1) is 22.7 Å². The zero-order valence-electron chi connectivity index (χ0n) is 13.4. The summed E-state index contributed by atoms with van der Waals surface area (Å²) in [6.45, 7) is 4.20. The van der Waals surface area contributed by atoms with Gasteiger partial charge in [-0.1, -0.05) is 23.7 Å². The van der Waals surface area contributed by atoms with E-state index in [0.29, 0.717) is 6.54 Å². The van der Waals surface area contributed by atoms with E-state index in [1.165, 1.54) is 17.4 Å². The minimum Gasteiger partial charge on any atom is -0.351 e. The first-order chi connectivity index (χ1) is 11.5. The third-order valence-electron chi connectivity index (χ3n) is 3.49. The fraction of sp³-hybridized carbons (Fsp3) is 0.222. The molecule has 1 N–H and O–H groups in total. The number of hydrogen-bond donors (Lipinski definition) is 1.